The van der Waals surface area contributed by atoms with Crippen molar-refractivity contribution in [3.63, 3.8) is 0 Å². The van der Waals surface area contributed by atoms with E-state index in [2.05, 4.69) is 21.2 Å². The van der Waals surface area contributed by atoms with Gasteiger partial charge in [-0.25, -0.2) is 0 Å². The minimum absolute atomic E-state index is 0.111. The van der Waals surface area contributed by atoms with Crippen LogP contribution in [0.1, 0.15) is 32.1 Å². The van der Waals surface area contributed by atoms with Crippen molar-refractivity contribution in [2.24, 2.45) is 0 Å². The Morgan fingerprint density at radius 1 is 1.37 bits per heavy atom. The van der Waals surface area contributed by atoms with Gasteiger partial charge in [-0.05, 0) is 47.3 Å². The van der Waals surface area contributed by atoms with Gasteiger partial charge in [0.2, 0.25) is 5.91 Å². The van der Waals surface area contributed by atoms with Gasteiger partial charge in [0.25, 0.3) is 0 Å². The third-order valence-electron chi connectivity index (χ3n) is 3.06. The van der Waals surface area contributed by atoms with Crippen LogP contribution in [0.15, 0.2) is 28.7 Å². The van der Waals surface area contributed by atoms with Gasteiger partial charge in [0.15, 0.2) is 0 Å². The molecule has 1 saturated heterocycles. The molecule has 1 N–H and O–H groups in total. The summed E-state index contributed by atoms with van der Waals surface area (Å²) in [5.74, 6) is 1.40. The Bertz CT molecular complexity index is 422. The maximum atomic E-state index is 11.8. The minimum Gasteiger partial charge on any atom is -0.325 e. The molecule has 0 spiro atoms. The van der Waals surface area contributed by atoms with Gasteiger partial charge < -0.3 is 5.32 Å². The van der Waals surface area contributed by atoms with E-state index in [4.69, 9.17) is 0 Å². The Balaban J connectivity index is 1.63. The summed E-state index contributed by atoms with van der Waals surface area (Å²) < 4.78 is 0.933. The molecule has 0 bridgehead atoms. The number of nitrogens with one attached hydrogen (secondary N) is 1. The van der Waals surface area contributed by atoms with Gasteiger partial charge in [-0.1, -0.05) is 40.1 Å². The zero-order valence-corrected chi connectivity index (χ0v) is 14.0. The molecule has 5 heteroatoms. The molecule has 1 aromatic rings. The molecule has 0 aromatic heterocycles. The third kappa shape index (κ3) is 5.40. The number of para-hydroxylation sites is 1. The van der Waals surface area contributed by atoms with E-state index in [1.165, 1.54) is 18.6 Å². The van der Waals surface area contributed by atoms with Crippen LogP contribution in [0.5, 0.6) is 0 Å². The molecule has 0 saturated carbocycles. The van der Waals surface area contributed by atoms with Gasteiger partial charge in [-0.2, -0.15) is 0 Å². The van der Waals surface area contributed by atoms with Crippen LogP contribution in [0.4, 0.5) is 5.69 Å². The quantitative estimate of drug-likeness (QED) is 0.565. The first-order valence-electron chi connectivity index (χ1n) is 6.58. The SMILES string of the molecule is O=C(CCCCC1CCSS1)Nc1ccccc1Br. The van der Waals surface area contributed by atoms with Crippen molar-refractivity contribution in [1.82, 2.24) is 0 Å². The molecule has 104 valence electrons. The second-order valence-electron chi connectivity index (χ2n) is 4.60. The molecule has 0 aliphatic carbocycles. The number of hydrogen-bond donors (Lipinski definition) is 1. The van der Waals surface area contributed by atoms with Crippen LogP contribution in [-0.2, 0) is 4.79 Å². The lowest BCUT2D eigenvalue weighted by Crippen LogP contribution is -2.11. The van der Waals surface area contributed by atoms with Gasteiger partial charge >= 0.3 is 0 Å². The Labute approximate surface area is 131 Å². The molecule has 19 heavy (non-hydrogen) atoms. The molecule has 2 rings (SSSR count). The topological polar surface area (TPSA) is 29.1 Å². The fourth-order valence-corrected chi connectivity index (χ4v) is 5.41. The Morgan fingerprint density at radius 2 is 2.21 bits per heavy atom. The summed E-state index contributed by atoms with van der Waals surface area (Å²) in [5, 5.41) is 3.76. The smallest absolute Gasteiger partial charge is 0.224 e. The van der Waals surface area contributed by atoms with E-state index in [0.717, 1.165) is 28.3 Å². The molecule has 1 aliphatic heterocycles. The monoisotopic (exact) mass is 359 g/mol. The van der Waals surface area contributed by atoms with Crippen molar-refractivity contribution in [3.8, 4) is 0 Å². The van der Waals surface area contributed by atoms with E-state index < -0.39 is 0 Å². The fourth-order valence-electron chi connectivity index (χ4n) is 2.00. The molecule has 1 atom stereocenters. The molecular weight excluding hydrogens is 342 g/mol. The van der Waals surface area contributed by atoms with Crippen LogP contribution in [-0.4, -0.2) is 16.9 Å². The Morgan fingerprint density at radius 3 is 2.95 bits per heavy atom. The van der Waals surface area contributed by atoms with Crippen molar-refractivity contribution in [2.75, 3.05) is 11.1 Å². The number of carbonyl (C=O) groups excluding carboxylic acids is 1. The lowest BCUT2D eigenvalue weighted by Gasteiger charge is -2.08. The zero-order chi connectivity index (χ0) is 13.5. The fraction of sp³-hybridized carbons (Fsp3) is 0.500. The standard InChI is InChI=1S/C14H18BrNOS2/c15-12-6-2-3-7-13(12)16-14(17)8-4-1-5-11-9-10-18-19-11/h2-3,6-7,11H,1,4-5,8-10H2,(H,16,17). The number of benzene rings is 1. The van der Waals surface area contributed by atoms with Crippen LogP contribution in [0, 0.1) is 0 Å². The number of hydrogen-bond acceptors (Lipinski definition) is 3. The van der Waals surface area contributed by atoms with E-state index in [1.807, 2.05) is 45.9 Å². The Hall–Kier alpha value is -0.130. The number of anilines is 1. The summed E-state index contributed by atoms with van der Waals surface area (Å²) in [6.45, 7) is 0. The molecule has 1 heterocycles. The number of halogens is 1. The number of amides is 1. The summed E-state index contributed by atoms with van der Waals surface area (Å²) in [6.07, 6.45) is 5.34. The van der Waals surface area contributed by atoms with Gasteiger partial charge in [-0.3, -0.25) is 4.79 Å². The van der Waals surface area contributed by atoms with E-state index in [1.54, 1.807) is 0 Å². The van der Waals surface area contributed by atoms with Crippen molar-refractivity contribution < 1.29 is 4.79 Å². The average molecular weight is 360 g/mol. The molecule has 0 radical (unpaired) electrons. The first-order chi connectivity index (χ1) is 9.25. The highest BCUT2D eigenvalue weighted by molar-refractivity contribution is 9.10. The first kappa shape index (κ1) is 15.3. The number of unbranched alkanes of at least 4 members (excludes halogenated alkanes) is 1. The van der Waals surface area contributed by atoms with Crippen LogP contribution < -0.4 is 5.32 Å². The molecule has 1 amide bonds. The summed E-state index contributed by atoms with van der Waals surface area (Å²) in [5.41, 5.74) is 0.857. The zero-order valence-electron chi connectivity index (χ0n) is 10.7. The van der Waals surface area contributed by atoms with Gasteiger partial charge in [0.05, 0.1) is 5.69 Å². The van der Waals surface area contributed by atoms with Crippen LogP contribution in [0.25, 0.3) is 0 Å². The highest BCUT2D eigenvalue weighted by Gasteiger charge is 2.15. The molecule has 1 unspecified atom stereocenters. The predicted molar refractivity (Wildman–Crippen MR) is 89.7 cm³/mol. The van der Waals surface area contributed by atoms with Gasteiger partial charge in [-0.15, -0.1) is 0 Å². The summed E-state index contributed by atoms with van der Waals surface area (Å²) >= 11 is 3.43. The van der Waals surface area contributed by atoms with E-state index in [9.17, 15) is 4.79 Å². The molecular formula is C14H18BrNOS2. The number of carbonyl (C=O) groups is 1. The molecule has 1 fully saturated rings. The average Bonchev–Trinajstić information content (AvgIpc) is 2.91. The van der Waals surface area contributed by atoms with Gasteiger partial charge in [0.1, 0.15) is 0 Å². The molecule has 2 nitrogen and oxygen atoms in total. The van der Waals surface area contributed by atoms with Crippen LogP contribution >= 0.6 is 37.5 Å². The second-order valence-corrected chi connectivity index (χ2v) is 8.24. The molecule has 1 aliphatic rings. The van der Waals surface area contributed by atoms with Crippen molar-refractivity contribution in [2.45, 2.75) is 37.4 Å². The summed E-state index contributed by atoms with van der Waals surface area (Å²) in [7, 11) is 4.00. The lowest BCUT2D eigenvalue weighted by molar-refractivity contribution is -0.116. The van der Waals surface area contributed by atoms with Crippen LogP contribution in [0.2, 0.25) is 0 Å². The second kappa shape index (κ2) is 8.22. The maximum absolute atomic E-state index is 11.8. The van der Waals surface area contributed by atoms with E-state index >= 15 is 0 Å². The van der Waals surface area contributed by atoms with Crippen molar-refractivity contribution in [3.05, 3.63) is 28.7 Å². The summed E-state index contributed by atoms with van der Waals surface area (Å²) in [6, 6.07) is 7.71. The Kier molecular flexibility index (Phi) is 6.61. The highest BCUT2D eigenvalue weighted by Crippen LogP contribution is 2.39. The van der Waals surface area contributed by atoms with Crippen molar-refractivity contribution >= 4 is 49.1 Å². The first-order valence-corrected chi connectivity index (χ1v) is 9.76. The van der Waals surface area contributed by atoms with E-state index in [0.29, 0.717) is 6.42 Å². The minimum atomic E-state index is 0.111. The molecule has 1 aromatic carbocycles. The highest BCUT2D eigenvalue weighted by atomic mass is 79.9. The normalized spacial score (nSPS) is 18.5. The third-order valence-corrected chi connectivity index (χ3v) is 6.75. The maximum Gasteiger partial charge on any atom is 0.224 e. The van der Waals surface area contributed by atoms with E-state index in [-0.39, 0.29) is 5.91 Å². The van der Waals surface area contributed by atoms with Gasteiger partial charge in [0, 0.05) is 21.9 Å². The van der Waals surface area contributed by atoms with Crippen molar-refractivity contribution in [1.29, 1.82) is 0 Å². The number of rotatable bonds is 6. The largest absolute Gasteiger partial charge is 0.325 e. The summed E-state index contributed by atoms with van der Waals surface area (Å²) in [4.78, 5) is 11.8. The van der Waals surface area contributed by atoms with Crippen LogP contribution in [0.3, 0.4) is 0 Å². The predicted octanol–water partition coefficient (Wildman–Crippen LogP) is 5.10. The lowest BCUT2D eigenvalue weighted by atomic mass is 10.1.